The first-order valence-electron chi connectivity index (χ1n) is 7.96. The van der Waals surface area contributed by atoms with Crippen LogP contribution in [-0.4, -0.2) is 52.0 Å². The van der Waals surface area contributed by atoms with Gasteiger partial charge in [-0.1, -0.05) is 27.7 Å². The van der Waals surface area contributed by atoms with Crippen LogP contribution in [0.3, 0.4) is 0 Å². The van der Waals surface area contributed by atoms with E-state index in [1.807, 2.05) is 0 Å². The van der Waals surface area contributed by atoms with Gasteiger partial charge in [-0.15, -0.1) is 0 Å². The summed E-state index contributed by atoms with van der Waals surface area (Å²) in [7, 11) is 0. The molecule has 0 saturated heterocycles. The molecule has 0 aromatic rings. The lowest BCUT2D eigenvalue weighted by Crippen LogP contribution is -2.32. The second kappa shape index (κ2) is 10.1. The van der Waals surface area contributed by atoms with Crippen molar-refractivity contribution < 1.29 is 24.8 Å². The fourth-order valence-electron chi connectivity index (χ4n) is 2.67. The van der Waals surface area contributed by atoms with Gasteiger partial charge in [0.25, 0.3) is 0 Å². The maximum absolute atomic E-state index is 10.0. The van der Waals surface area contributed by atoms with Crippen LogP contribution in [-0.2, 0) is 9.47 Å². The van der Waals surface area contributed by atoms with E-state index in [-0.39, 0.29) is 16.8 Å². The first kappa shape index (κ1) is 22.1. The van der Waals surface area contributed by atoms with Crippen LogP contribution < -0.4 is 0 Å². The zero-order valence-corrected chi connectivity index (χ0v) is 15.5. The van der Waals surface area contributed by atoms with Crippen LogP contribution in [0, 0.1) is 5.41 Å². The molecule has 0 aromatic carbocycles. The van der Waals surface area contributed by atoms with Crippen molar-refractivity contribution in [3.8, 4) is 0 Å². The van der Waals surface area contributed by atoms with E-state index in [0.717, 1.165) is 12.8 Å². The summed E-state index contributed by atoms with van der Waals surface area (Å²) in [5, 5.41) is 28.2. The number of ether oxygens (including phenoxy) is 2. The molecular formula is C16H34O5S. The van der Waals surface area contributed by atoms with Crippen LogP contribution in [0.5, 0.6) is 0 Å². The van der Waals surface area contributed by atoms with Gasteiger partial charge >= 0.3 is 0 Å². The number of hydrogen-bond donors (Lipinski definition) is 4. The maximum Gasteiger partial charge on any atom is 0.209 e. The summed E-state index contributed by atoms with van der Waals surface area (Å²) < 4.78 is 10.2. The van der Waals surface area contributed by atoms with Crippen molar-refractivity contribution in [1.82, 2.24) is 0 Å². The van der Waals surface area contributed by atoms with E-state index in [1.165, 1.54) is 0 Å². The monoisotopic (exact) mass is 338 g/mol. The van der Waals surface area contributed by atoms with E-state index in [9.17, 15) is 5.11 Å². The normalized spacial score (nSPS) is 16.1. The summed E-state index contributed by atoms with van der Waals surface area (Å²) in [4.78, 5) is 0. The quantitative estimate of drug-likeness (QED) is 0.324. The summed E-state index contributed by atoms with van der Waals surface area (Å²) >= 11 is 4.57. The Balaban J connectivity index is 4.01. The van der Waals surface area contributed by atoms with Gasteiger partial charge in [0.1, 0.15) is 0 Å². The highest BCUT2D eigenvalue weighted by Gasteiger charge is 2.26. The summed E-state index contributed by atoms with van der Waals surface area (Å²) in [6, 6.07) is 0. The molecule has 0 heterocycles. The number of aliphatic hydroxyl groups is 3. The Bertz CT molecular complexity index is 289. The van der Waals surface area contributed by atoms with Gasteiger partial charge in [0.2, 0.25) is 12.6 Å². The van der Waals surface area contributed by atoms with Crippen LogP contribution in [0.25, 0.3) is 0 Å². The van der Waals surface area contributed by atoms with Crippen molar-refractivity contribution in [3.63, 3.8) is 0 Å². The predicted octanol–water partition coefficient (Wildman–Crippen LogP) is 2.33. The Morgan fingerprint density at radius 3 is 2.05 bits per heavy atom. The van der Waals surface area contributed by atoms with Gasteiger partial charge in [-0.3, -0.25) is 0 Å². The molecule has 0 aliphatic carbocycles. The zero-order valence-electron chi connectivity index (χ0n) is 14.6. The molecule has 3 N–H and O–H groups in total. The second-order valence-corrected chi connectivity index (χ2v) is 8.45. The lowest BCUT2D eigenvalue weighted by Gasteiger charge is -2.32. The van der Waals surface area contributed by atoms with Gasteiger partial charge in [-0.05, 0) is 38.0 Å². The molecule has 134 valence electrons. The molecule has 0 aliphatic heterocycles. The van der Waals surface area contributed by atoms with Crippen molar-refractivity contribution in [2.75, 3.05) is 13.2 Å². The molecule has 5 nitrogen and oxygen atoms in total. The molecule has 0 radical (unpaired) electrons. The minimum absolute atomic E-state index is 0.0282. The molecule has 0 aromatic heterocycles. The van der Waals surface area contributed by atoms with Gasteiger partial charge in [0, 0.05) is 11.4 Å². The van der Waals surface area contributed by atoms with Gasteiger partial charge in [-0.25, -0.2) is 0 Å². The smallest absolute Gasteiger partial charge is 0.209 e. The number of thiol groups is 1. The molecule has 22 heavy (non-hydrogen) atoms. The minimum Gasteiger partial charge on any atom is -0.393 e. The Morgan fingerprint density at radius 1 is 1.00 bits per heavy atom. The lowest BCUT2D eigenvalue weighted by molar-refractivity contribution is -0.253. The largest absolute Gasteiger partial charge is 0.393 e. The van der Waals surface area contributed by atoms with Crippen LogP contribution >= 0.6 is 12.6 Å². The van der Waals surface area contributed by atoms with Crippen LogP contribution in [0.2, 0.25) is 0 Å². The molecule has 0 spiro atoms. The molecule has 0 amide bonds. The standard InChI is InChI=1S/C16H34O5S/c1-6-20-14(13(18)19)21-10-8-12(17)7-9-15(2,3)11-16(4,5)22/h12-14,17-19,22H,6-11H2,1-5H3/t12-,14-/m1/s1. The third-order valence-corrected chi connectivity index (χ3v) is 3.53. The van der Waals surface area contributed by atoms with E-state index in [2.05, 4.69) is 40.3 Å². The molecule has 0 rings (SSSR count). The highest BCUT2D eigenvalue weighted by molar-refractivity contribution is 7.81. The summed E-state index contributed by atoms with van der Waals surface area (Å²) in [5.74, 6) is 0. The molecular weight excluding hydrogens is 304 g/mol. The SMILES string of the molecule is CCO[C@H](OCC[C@H](O)CCC(C)(C)CC(C)(C)S)C(O)O. The Labute approximate surface area is 140 Å². The molecule has 0 saturated carbocycles. The molecule has 0 bridgehead atoms. The summed E-state index contributed by atoms with van der Waals surface area (Å²) in [6.45, 7) is 10.9. The van der Waals surface area contributed by atoms with Gasteiger partial charge in [0.05, 0.1) is 12.7 Å². The summed E-state index contributed by atoms with van der Waals surface area (Å²) in [5.41, 5.74) is 0.113. The fraction of sp³-hybridized carbons (Fsp3) is 1.00. The highest BCUT2D eigenvalue weighted by Crippen LogP contribution is 2.35. The van der Waals surface area contributed by atoms with Crippen LogP contribution in [0.15, 0.2) is 0 Å². The summed E-state index contributed by atoms with van der Waals surface area (Å²) in [6.07, 6.45) is -0.212. The van der Waals surface area contributed by atoms with Crippen LogP contribution in [0.1, 0.15) is 60.3 Å². The molecule has 0 unspecified atom stereocenters. The Hall–Kier alpha value is 0.150. The topological polar surface area (TPSA) is 79.2 Å². The van der Waals surface area contributed by atoms with Gasteiger partial charge in [0.15, 0.2) is 0 Å². The van der Waals surface area contributed by atoms with Crippen molar-refractivity contribution in [2.45, 2.75) is 83.7 Å². The van der Waals surface area contributed by atoms with E-state index in [0.29, 0.717) is 19.4 Å². The van der Waals surface area contributed by atoms with Crippen molar-refractivity contribution in [2.24, 2.45) is 5.41 Å². The lowest BCUT2D eigenvalue weighted by atomic mass is 9.79. The van der Waals surface area contributed by atoms with Crippen molar-refractivity contribution in [1.29, 1.82) is 0 Å². The average molecular weight is 339 g/mol. The molecule has 6 heteroatoms. The van der Waals surface area contributed by atoms with Gasteiger partial charge < -0.3 is 24.8 Å². The third kappa shape index (κ3) is 11.7. The first-order chi connectivity index (χ1) is 9.97. The Kier molecular flexibility index (Phi) is 10.2. The Morgan fingerprint density at radius 2 is 1.59 bits per heavy atom. The van der Waals surface area contributed by atoms with E-state index in [1.54, 1.807) is 6.92 Å². The minimum atomic E-state index is -1.67. The van der Waals surface area contributed by atoms with Crippen LogP contribution in [0.4, 0.5) is 0 Å². The predicted molar refractivity (Wildman–Crippen MR) is 90.9 cm³/mol. The number of aliphatic hydroxyl groups excluding tert-OH is 2. The molecule has 0 fully saturated rings. The zero-order chi connectivity index (χ0) is 17.4. The molecule has 0 aliphatic rings. The van der Waals surface area contributed by atoms with Crippen molar-refractivity contribution >= 4 is 12.6 Å². The fourth-order valence-corrected chi connectivity index (χ4v) is 3.09. The third-order valence-electron chi connectivity index (χ3n) is 3.37. The average Bonchev–Trinajstić information content (AvgIpc) is 2.32. The van der Waals surface area contributed by atoms with E-state index >= 15 is 0 Å². The number of rotatable bonds is 12. The van der Waals surface area contributed by atoms with E-state index < -0.39 is 18.7 Å². The van der Waals surface area contributed by atoms with E-state index in [4.69, 9.17) is 19.7 Å². The maximum atomic E-state index is 10.0. The second-order valence-electron chi connectivity index (χ2n) is 7.24. The van der Waals surface area contributed by atoms with Gasteiger partial charge in [-0.2, -0.15) is 12.6 Å². The molecule has 2 atom stereocenters. The number of hydrogen-bond acceptors (Lipinski definition) is 6. The highest BCUT2D eigenvalue weighted by atomic mass is 32.1. The van der Waals surface area contributed by atoms with Crippen molar-refractivity contribution in [3.05, 3.63) is 0 Å². The first-order valence-corrected chi connectivity index (χ1v) is 8.41.